The summed E-state index contributed by atoms with van der Waals surface area (Å²) in [6.45, 7) is 0. The van der Waals surface area contributed by atoms with Gasteiger partial charge in [-0.2, -0.15) is 0 Å². The normalized spacial score (nSPS) is 11.5. The minimum atomic E-state index is -3.51. The number of amides is 1. The standard InChI is InChI=1S/C20H22N4O5S2/c1-24(2)31(26,27)17-10-6-15(7-11-17)21-18(25)13-30-20-23-22-19(29-20)12-14-4-8-16(28-3)9-5-14/h4-11H,12-13H2,1-3H3,(H,21,25). The van der Waals surface area contributed by atoms with Crippen molar-refractivity contribution in [2.45, 2.75) is 16.5 Å². The summed E-state index contributed by atoms with van der Waals surface area (Å²) in [5.74, 6) is 1.02. The Hall–Kier alpha value is -2.89. The lowest BCUT2D eigenvalue weighted by molar-refractivity contribution is -0.113. The summed E-state index contributed by atoms with van der Waals surface area (Å²) < 4.78 is 36.0. The van der Waals surface area contributed by atoms with Gasteiger partial charge in [0.25, 0.3) is 5.22 Å². The van der Waals surface area contributed by atoms with Crippen LogP contribution in [-0.2, 0) is 21.2 Å². The second-order valence-electron chi connectivity index (χ2n) is 6.64. The Bertz CT molecular complexity index is 1130. The molecule has 0 aliphatic carbocycles. The highest BCUT2D eigenvalue weighted by molar-refractivity contribution is 7.99. The first-order valence-electron chi connectivity index (χ1n) is 9.18. The number of hydrogen-bond donors (Lipinski definition) is 1. The van der Waals surface area contributed by atoms with E-state index in [0.29, 0.717) is 23.2 Å². The Morgan fingerprint density at radius 1 is 1.10 bits per heavy atom. The van der Waals surface area contributed by atoms with Crippen LogP contribution >= 0.6 is 11.8 Å². The van der Waals surface area contributed by atoms with Crippen molar-refractivity contribution in [2.24, 2.45) is 0 Å². The number of anilines is 1. The van der Waals surface area contributed by atoms with Crippen LogP contribution in [0.4, 0.5) is 5.69 Å². The third kappa shape index (κ3) is 6.06. The maximum atomic E-state index is 12.2. The molecule has 11 heteroatoms. The fourth-order valence-corrected chi connectivity index (χ4v) is 4.01. The van der Waals surface area contributed by atoms with E-state index in [4.69, 9.17) is 9.15 Å². The highest BCUT2D eigenvalue weighted by atomic mass is 32.2. The number of ether oxygens (including phenoxy) is 1. The summed E-state index contributed by atoms with van der Waals surface area (Å²) >= 11 is 1.12. The van der Waals surface area contributed by atoms with Gasteiger partial charge in [0.15, 0.2) is 0 Å². The van der Waals surface area contributed by atoms with Gasteiger partial charge in [-0.1, -0.05) is 23.9 Å². The van der Waals surface area contributed by atoms with E-state index in [0.717, 1.165) is 27.4 Å². The molecule has 164 valence electrons. The average molecular weight is 463 g/mol. The summed E-state index contributed by atoms with van der Waals surface area (Å²) in [6.07, 6.45) is 0.478. The fourth-order valence-electron chi connectivity index (χ4n) is 2.53. The maximum absolute atomic E-state index is 12.2. The smallest absolute Gasteiger partial charge is 0.277 e. The van der Waals surface area contributed by atoms with Crippen LogP contribution in [0.1, 0.15) is 11.5 Å². The van der Waals surface area contributed by atoms with Crippen LogP contribution in [-0.4, -0.2) is 55.8 Å². The summed E-state index contributed by atoms with van der Waals surface area (Å²) in [5.41, 5.74) is 1.49. The van der Waals surface area contributed by atoms with Gasteiger partial charge in [-0.15, -0.1) is 10.2 Å². The van der Waals surface area contributed by atoms with Gasteiger partial charge >= 0.3 is 0 Å². The van der Waals surface area contributed by atoms with Gasteiger partial charge in [0.05, 0.1) is 24.2 Å². The summed E-state index contributed by atoms with van der Waals surface area (Å²) in [4.78, 5) is 12.3. The molecule has 3 aromatic rings. The van der Waals surface area contributed by atoms with E-state index < -0.39 is 10.0 Å². The summed E-state index contributed by atoms with van der Waals surface area (Å²) in [7, 11) is 1.02. The molecule has 0 bridgehead atoms. The van der Waals surface area contributed by atoms with E-state index in [2.05, 4.69) is 15.5 Å². The number of rotatable bonds is 9. The second-order valence-corrected chi connectivity index (χ2v) is 9.71. The van der Waals surface area contributed by atoms with Crippen molar-refractivity contribution in [3.8, 4) is 5.75 Å². The van der Waals surface area contributed by atoms with Crippen LogP contribution < -0.4 is 10.1 Å². The molecule has 0 saturated carbocycles. The highest BCUT2D eigenvalue weighted by Crippen LogP contribution is 2.20. The van der Waals surface area contributed by atoms with Crippen molar-refractivity contribution in [1.82, 2.24) is 14.5 Å². The number of nitrogens with one attached hydrogen (secondary N) is 1. The topological polar surface area (TPSA) is 115 Å². The van der Waals surface area contributed by atoms with Gasteiger partial charge in [-0.3, -0.25) is 4.79 Å². The number of nitrogens with zero attached hydrogens (tertiary/aromatic N) is 3. The zero-order chi connectivity index (χ0) is 22.4. The molecule has 0 unspecified atom stereocenters. The number of sulfonamides is 1. The molecule has 1 N–H and O–H groups in total. The third-order valence-electron chi connectivity index (χ3n) is 4.21. The molecule has 9 nitrogen and oxygen atoms in total. The van der Waals surface area contributed by atoms with Crippen molar-refractivity contribution >= 4 is 33.4 Å². The summed E-state index contributed by atoms with van der Waals surface area (Å²) in [5, 5.41) is 11.0. The van der Waals surface area contributed by atoms with Gasteiger partial charge in [0, 0.05) is 19.8 Å². The molecule has 31 heavy (non-hydrogen) atoms. The Balaban J connectivity index is 1.51. The minimum Gasteiger partial charge on any atom is -0.497 e. The SMILES string of the molecule is COc1ccc(Cc2nnc(SCC(=O)Nc3ccc(S(=O)(=O)N(C)C)cc3)o2)cc1. The molecule has 0 radical (unpaired) electrons. The van der Waals surface area contributed by atoms with E-state index in [1.807, 2.05) is 24.3 Å². The molecule has 0 fully saturated rings. The largest absolute Gasteiger partial charge is 0.497 e. The Morgan fingerprint density at radius 3 is 2.39 bits per heavy atom. The molecular weight excluding hydrogens is 440 g/mol. The van der Waals surface area contributed by atoms with Gasteiger partial charge in [-0.05, 0) is 42.0 Å². The molecule has 1 aromatic heterocycles. The lowest BCUT2D eigenvalue weighted by Crippen LogP contribution is -2.22. The molecule has 0 aliphatic heterocycles. The van der Waals surface area contributed by atoms with Crippen molar-refractivity contribution in [1.29, 1.82) is 0 Å². The van der Waals surface area contributed by atoms with E-state index in [1.165, 1.54) is 26.2 Å². The number of methoxy groups -OCH3 is 1. The van der Waals surface area contributed by atoms with Gasteiger partial charge in [0.1, 0.15) is 5.75 Å². The Morgan fingerprint density at radius 2 is 1.77 bits per heavy atom. The average Bonchev–Trinajstić information content (AvgIpc) is 3.20. The van der Waals surface area contributed by atoms with Crippen LogP contribution in [0.15, 0.2) is 63.1 Å². The first-order chi connectivity index (χ1) is 14.8. The van der Waals surface area contributed by atoms with Crippen molar-refractivity contribution in [2.75, 3.05) is 32.3 Å². The maximum Gasteiger partial charge on any atom is 0.277 e. The third-order valence-corrected chi connectivity index (χ3v) is 6.85. The van der Waals surface area contributed by atoms with Crippen LogP contribution in [0.3, 0.4) is 0 Å². The monoisotopic (exact) mass is 462 g/mol. The zero-order valence-electron chi connectivity index (χ0n) is 17.2. The van der Waals surface area contributed by atoms with Crippen molar-refractivity contribution < 1.29 is 22.4 Å². The van der Waals surface area contributed by atoms with E-state index in [9.17, 15) is 13.2 Å². The lowest BCUT2D eigenvalue weighted by atomic mass is 10.1. The first-order valence-corrected chi connectivity index (χ1v) is 11.6. The Labute approximate surface area is 184 Å². The van der Waals surface area contributed by atoms with Crippen LogP contribution in [0, 0.1) is 0 Å². The number of hydrogen-bond acceptors (Lipinski definition) is 8. The molecule has 2 aromatic carbocycles. The number of carbonyl (C=O) groups is 1. The number of aromatic nitrogens is 2. The molecule has 0 atom stereocenters. The predicted molar refractivity (Wildman–Crippen MR) is 117 cm³/mol. The molecular formula is C20H22N4O5S2. The second kappa shape index (κ2) is 9.94. The molecule has 1 amide bonds. The van der Waals surface area contributed by atoms with Crippen molar-refractivity contribution in [3.05, 3.63) is 60.0 Å². The van der Waals surface area contributed by atoms with Gasteiger partial charge < -0.3 is 14.5 Å². The highest BCUT2D eigenvalue weighted by Gasteiger charge is 2.17. The number of thioether (sulfide) groups is 1. The summed E-state index contributed by atoms with van der Waals surface area (Å²) in [6, 6.07) is 13.5. The molecule has 3 rings (SSSR count). The lowest BCUT2D eigenvalue weighted by Gasteiger charge is -2.11. The van der Waals surface area contributed by atoms with Crippen LogP contribution in [0.2, 0.25) is 0 Å². The van der Waals surface area contributed by atoms with Crippen LogP contribution in [0.5, 0.6) is 5.75 Å². The minimum absolute atomic E-state index is 0.0713. The fraction of sp³-hybridized carbons (Fsp3) is 0.250. The zero-order valence-corrected chi connectivity index (χ0v) is 18.9. The quantitative estimate of drug-likeness (QED) is 0.483. The molecule has 0 saturated heterocycles. The number of carbonyl (C=O) groups excluding carboxylic acids is 1. The Kier molecular flexibility index (Phi) is 7.31. The first kappa shape index (κ1) is 22.8. The molecule has 0 spiro atoms. The molecule has 0 aliphatic rings. The van der Waals surface area contributed by atoms with Gasteiger partial charge in [-0.25, -0.2) is 12.7 Å². The predicted octanol–water partition coefficient (Wildman–Crippen LogP) is 2.65. The van der Waals surface area contributed by atoms with E-state index in [-0.39, 0.29) is 16.6 Å². The van der Waals surface area contributed by atoms with Gasteiger partial charge in [0.2, 0.25) is 21.8 Å². The molecule has 1 heterocycles. The van der Waals surface area contributed by atoms with E-state index in [1.54, 1.807) is 19.2 Å². The van der Waals surface area contributed by atoms with E-state index >= 15 is 0 Å². The number of benzene rings is 2. The van der Waals surface area contributed by atoms with Crippen molar-refractivity contribution in [3.63, 3.8) is 0 Å². The van der Waals surface area contributed by atoms with Crippen LogP contribution in [0.25, 0.3) is 0 Å².